The molecule has 1 aliphatic rings. The Morgan fingerprint density at radius 1 is 1.16 bits per heavy atom. The highest BCUT2D eigenvalue weighted by molar-refractivity contribution is 5.81. The van der Waals surface area contributed by atoms with Crippen LogP contribution in [-0.4, -0.2) is 23.0 Å². The van der Waals surface area contributed by atoms with E-state index in [1.54, 1.807) is 0 Å². The van der Waals surface area contributed by atoms with E-state index >= 15 is 0 Å². The van der Waals surface area contributed by atoms with Gasteiger partial charge in [-0.15, -0.1) is 0 Å². The van der Waals surface area contributed by atoms with Gasteiger partial charge < -0.3 is 10.4 Å². The van der Waals surface area contributed by atoms with Gasteiger partial charge in [0.25, 0.3) is 0 Å². The number of carboxylic acid groups (broad SMARTS) is 1. The molecule has 1 rings (SSSR count). The molecule has 0 aromatic heterocycles. The molecule has 1 fully saturated rings. The summed E-state index contributed by atoms with van der Waals surface area (Å²) in [4.78, 5) is 22.9. The van der Waals surface area contributed by atoms with E-state index in [1.165, 1.54) is 6.42 Å². The smallest absolute Gasteiger partial charge is 0.306 e. The number of aliphatic carboxylic acids is 1. The van der Waals surface area contributed by atoms with Crippen molar-refractivity contribution in [2.24, 2.45) is 17.8 Å². The maximum atomic E-state index is 12.0. The van der Waals surface area contributed by atoms with Crippen molar-refractivity contribution in [1.29, 1.82) is 0 Å². The van der Waals surface area contributed by atoms with Crippen molar-refractivity contribution in [3.05, 3.63) is 0 Å². The number of hydrogen-bond acceptors (Lipinski definition) is 2. The normalized spacial score (nSPS) is 24.4. The zero-order valence-corrected chi connectivity index (χ0v) is 12.3. The van der Waals surface area contributed by atoms with Gasteiger partial charge in [0.2, 0.25) is 5.91 Å². The lowest BCUT2D eigenvalue weighted by atomic mass is 10.0. The van der Waals surface area contributed by atoms with E-state index in [0.717, 1.165) is 12.8 Å². The number of carboxylic acids is 1. The summed E-state index contributed by atoms with van der Waals surface area (Å²) in [6.07, 6.45) is 5.15. The fourth-order valence-electron chi connectivity index (χ4n) is 2.71. The van der Waals surface area contributed by atoms with Gasteiger partial charge in [0, 0.05) is 12.0 Å². The highest BCUT2D eigenvalue weighted by Gasteiger charge is 2.33. The monoisotopic (exact) mass is 269 g/mol. The van der Waals surface area contributed by atoms with Crippen LogP contribution >= 0.6 is 0 Å². The molecule has 0 aliphatic heterocycles. The molecular weight excluding hydrogens is 242 g/mol. The third kappa shape index (κ3) is 5.62. The van der Waals surface area contributed by atoms with Crippen LogP contribution in [0.15, 0.2) is 0 Å². The van der Waals surface area contributed by atoms with Crippen LogP contribution in [0, 0.1) is 17.8 Å². The van der Waals surface area contributed by atoms with Gasteiger partial charge in [-0.25, -0.2) is 0 Å². The Balaban J connectivity index is 2.25. The maximum absolute atomic E-state index is 12.0. The molecule has 1 amide bonds. The quantitative estimate of drug-likeness (QED) is 0.747. The number of nitrogens with one attached hydrogen (secondary N) is 1. The van der Waals surface area contributed by atoms with E-state index in [-0.39, 0.29) is 23.8 Å². The Morgan fingerprint density at radius 2 is 1.79 bits per heavy atom. The van der Waals surface area contributed by atoms with Gasteiger partial charge in [-0.3, -0.25) is 9.59 Å². The van der Waals surface area contributed by atoms with Gasteiger partial charge in [-0.2, -0.15) is 0 Å². The van der Waals surface area contributed by atoms with Crippen molar-refractivity contribution in [3.8, 4) is 0 Å². The number of rotatable bonds is 7. The summed E-state index contributed by atoms with van der Waals surface area (Å²) in [5, 5.41) is 12.0. The van der Waals surface area contributed by atoms with Crippen molar-refractivity contribution in [3.63, 3.8) is 0 Å². The van der Waals surface area contributed by atoms with Crippen LogP contribution in [0.3, 0.4) is 0 Å². The van der Waals surface area contributed by atoms with Crippen LogP contribution in [-0.2, 0) is 9.59 Å². The van der Waals surface area contributed by atoms with E-state index in [4.69, 9.17) is 5.11 Å². The Kier molecular flexibility index (Phi) is 6.32. The van der Waals surface area contributed by atoms with Crippen molar-refractivity contribution < 1.29 is 14.7 Å². The minimum atomic E-state index is -0.764. The Morgan fingerprint density at radius 3 is 2.32 bits per heavy atom. The molecule has 0 radical (unpaired) electrons. The molecule has 19 heavy (non-hydrogen) atoms. The average Bonchev–Trinajstić information content (AvgIpc) is 2.77. The van der Waals surface area contributed by atoms with Crippen molar-refractivity contribution in [2.75, 3.05) is 0 Å². The number of carbonyl (C=O) groups excluding carboxylic acids is 1. The molecule has 110 valence electrons. The molecule has 0 spiro atoms. The standard InChI is InChI=1S/C15H27NO3/c1-10(2)5-4-6-11(3)16-14(17)12-7-8-13(9-12)15(18)19/h10-13H,4-9H2,1-3H3,(H,16,17)(H,18,19). The van der Waals surface area contributed by atoms with Crippen molar-refractivity contribution >= 4 is 11.9 Å². The molecule has 1 aliphatic carbocycles. The first-order valence-electron chi connectivity index (χ1n) is 7.43. The van der Waals surface area contributed by atoms with Crippen LogP contribution in [0.2, 0.25) is 0 Å². The summed E-state index contributed by atoms with van der Waals surface area (Å²) in [6, 6.07) is 0.190. The van der Waals surface area contributed by atoms with Crippen molar-refractivity contribution in [2.45, 2.75) is 65.3 Å². The fourth-order valence-corrected chi connectivity index (χ4v) is 2.71. The van der Waals surface area contributed by atoms with Gasteiger partial charge in [-0.1, -0.05) is 26.7 Å². The summed E-state index contributed by atoms with van der Waals surface area (Å²) < 4.78 is 0. The molecule has 3 atom stereocenters. The van der Waals surface area contributed by atoms with Crippen LogP contribution < -0.4 is 5.32 Å². The van der Waals surface area contributed by atoms with Gasteiger partial charge in [0.15, 0.2) is 0 Å². The Bertz CT molecular complexity index is 315. The molecule has 3 unspecified atom stereocenters. The molecular formula is C15H27NO3. The van der Waals surface area contributed by atoms with Crippen LogP contribution in [0.1, 0.15) is 59.3 Å². The molecule has 0 aromatic carbocycles. The molecule has 4 nitrogen and oxygen atoms in total. The second kappa shape index (κ2) is 7.51. The number of amides is 1. The molecule has 0 saturated heterocycles. The second-order valence-electron chi connectivity index (χ2n) is 6.28. The summed E-state index contributed by atoms with van der Waals surface area (Å²) in [6.45, 7) is 6.43. The van der Waals surface area contributed by atoms with E-state index in [9.17, 15) is 9.59 Å². The first-order valence-corrected chi connectivity index (χ1v) is 7.43. The zero-order valence-electron chi connectivity index (χ0n) is 12.3. The number of carbonyl (C=O) groups is 2. The van der Waals surface area contributed by atoms with E-state index < -0.39 is 5.97 Å². The van der Waals surface area contributed by atoms with Gasteiger partial charge in [0.05, 0.1) is 5.92 Å². The van der Waals surface area contributed by atoms with E-state index in [2.05, 4.69) is 19.2 Å². The highest BCUT2D eigenvalue weighted by Crippen LogP contribution is 2.31. The molecule has 4 heteroatoms. The number of hydrogen-bond donors (Lipinski definition) is 2. The molecule has 0 bridgehead atoms. The molecule has 2 N–H and O–H groups in total. The summed E-state index contributed by atoms with van der Waals surface area (Å²) in [5.41, 5.74) is 0. The lowest BCUT2D eigenvalue weighted by molar-refractivity contribution is -0.141. The van der Waals surface area contributed by atoms with Gasteiger partial charge in [0.1, 0.15) is 0 Å². The Labute approximate surface area is 116 Å². The van der Waals surface area contributed by atoms with Crippen LogP contribution in [0.25, 0.3) is 0 Å². The van der Waals surface area contributed by atoms with Crippen molar-refractivity contribution in [1.82, 2.24) is 5.32 Å². The molecule has 0 aromatic rings. The highest BCUT2D eigenvalue weighted by atomic mass is 16.4. The molecule has 0 heterocycles. The van der Waals surface area contributed by atoms with Gasteiger partial charge in [-0.05, 0) is 38.5 Å². The second-order valence-corrected chi connectivity index (χ2v) is 6.28. The van der Waals surface area contributed by atoms with Gasteiger partial charge >= 0.3 is 5.97 Å². The SMILES string of the molecule is CC(C)CCCC(C)NC(=O)C1CCC(C(=O)O)C1. The predicted molar refractivity (Wildman–Crippen MR) is 74.8 cm³/mol. The first kappa shape index (κ1) is 16.0. The van der Waals surface area contributed by atoms with Crippen LogP contribution in [0.5, 0.6) is 0 Å². The average molecular weight is 269 g/mol. The van der Waals surface area contributed by atoms with E-state index in [1.807, 2.05) is 6.92 Å². The van der Waals surface area contributed by atoms with Crippen LogP contribution in [0.4, 0.5) is 0 Å². The fraction of sp³-hybridized carbons (Fsp3) is 0.867. The predicted octanol–water partition coefficient (Wildman–Crippen LogP) is 2.82. The Hall–Kier alpha value is -1.06. The minimum Gasteiger partial charge on any atom is -0.481 e. The summed E-state index contributed by atoms with van der Waals surface area (Å²) in [7, 11) is 0. The first-order chi connectivity index (χ1) is 8.90. The summed E-state index contributed by atoms with van der Waals surface area (Å²) >= 11 is 0. The third-order valence-corrected chi connectivity index (χ3v) is 3.96. The lowest BCUT2D eigenvalue weighted by Gasteiger charge is -2.17. The maximum Gasteiger partial charge on any atom is 0.306 e. The lowest BCUT2D eigenvalue weighted by Crippen LogP contribution is -2.36. The topological polar surface area (TPSA) is 66.4 Å². The molecule has 1 saturated carbocycles. The zero-order chi connectivity index (χ0) is 14.4. The third-order valence-electron chi connectivity index (χ3n) is 3.96. The van der Waals surface area contributed by atoms with E-state index in [0.29, 0.717) is 25.2 Å². The minimum absolute atomic E-state index is 0.0424. The largest absolute Gasteiger partial charge is 0.481 e. The summed E-state index contributed by atoms with van der Waals surface area (Å²) in [5.74, 6) is -0.448.